The maximum Gasteiger partial charge on any atom is 0.137 e. The third-order valence-corrected chi connectivity index (χ3v) is 5.20. The molecule has 0 saturated heterocycles. The van der Waals surface area contributed by atoms with Gasteiger partial charge in [0, 0.05) is 36.8 Å². The number of rotatable bonds is 11. The van der Waals surface area contributed by atoms with Crippen LogP contribution in [0.25, 0.3) is 0 Å². The monoisotopic (exact) mass is 407 g/mol. The number of hydrogen-bond acceptors (Lipinski definition) is 7. The molecule has 154 valence electrons. The number of nitroso groups, excluding NO2 is 1. The van der Waals surface area contributed by atoms with Gasteiger partial charge in [0.2, 0.25) is 0 Å². The second-order valence-electron chi connectivity index (χ2n) is 7.65. The average molecular weight is 408 g/mol. The first-order valence-corrected chi connectivity index (χ1v) is 10.2. The molecule has 1 aromatic heterocycles. The second kappa shape index (κ2) is 9.88. The molecule has 28 heavy (non-hydrogen) atoms. The van der Waals surface area contributed by atoms with E-state index in [1.165, 1.54) is 0 Å². The molecule has 2 aromatic rings. The molecule has 0 fully saturated rings. The molecular formula is C19H31N6O2S+. The van der Waals surface area contributed by atoms with E-state index < -0.39 is 0 Å². The van der Waals surface area contributed by atoms with Crippen molar-refractivity contribution in [3.63, 3.8) is 0 Å². The molecule has 8 nitrogen and oxygen atoms in total. The van der Waals surface area contributed by atoms with Crippen molar-refractivity contribution in [3.05, 3.63) is 34.5 Å². The Kier molecular flexibility index (Phi) is 7.82. The van der Waals surface area contributed by atoms with Gasteiger partial charge < -0.3 is 14.5 Å². The maximum absolute atomic E-state index is 11.0. The van der Waals surface area contributed by atoms with Crippen LogP contribution in [0, 0.1) is 11.8 Å². The van der Waals surface area contributed by atoms with E-state index >= 15 is 0 Å². The van der Waals surface area contributed by atoms with Crippen molar-refractivity contribution in [2.75, 3.05) is 44.4 Å². The summed E-state index contributed by atoms with van der Waals surface area (Å²) in [4.78, 5) is 13.1. The Labute approximate surface area is 172 Å². The third kappa shape index (κ3) is 5.93. The van der Waals surface area contributed by atoms with Crippen LogP contribution < -0.4 is 4.90 Å². The number of hydrogen-bond donors (Lipinski definition) is 2. The molecule has 0 aliphatic heterocycles. The van der Waals surface area contributed by atoms with E-state index in [0.29, 0.717) is 18.7 Å². The van der Waals surface area contributed by atoms with Crippen LogP contribution in [-0.2, 0) is 13.1 Å². The van der Waals surface area contributed by atoms with Crippen LogP contribution in [0.2, 0.25) is 0 Å². The van der Waals surface area contributed by atoms with E-state index in [1.54, 1.807) is 19.1 Å². The van der Waals surface area contributed by atoms with Gasteiger partial charge in [-0.05, 0) is 30.8 Å². The van der Waals surface area contributed by atoms with E-state index in [4.69, 9.17) is 0 Å². The van der Waals surface area contributed by atoms with Crippen LogP contribution in [0.4, 0.5) is 11.4 Å². The van der Waals surface area contributed by atoms with Gasteiger partial charge in [0.05, 0.1) is 33.4 Å². The number of aromatic hydroxyl groups is 1. The molecule has 1 N–H and O–H groups in total. The molecule has 1 heterocycles. The number of phenolic OH excluding ortho intramolecular Hbond substituents is 1. The van der Waals surface area contributed by atoms with Crippen molar-refractivity contribution in [1.29, 1.82) is 0 Å². The number of quaternary nitrogens is 1. The highest BCUT2D eigenvalue weighted by molar-refractivity contribution is 7.80. The number of likely N-dealkylation sites (N-methyl/N-ethyl adjacent to an activating group) is 1. The first-order valence-electron chi connectivity index (χ1n) is 9.53. The van der Waals surface area contributed by atoms with Gasteiger partial charge in [0.15, 0.2) is 0 Å². The molecule has 0 amide bonds. The molecule has 0 bridgehead atoms. The van der Waals surface area contributed by atoms with Gasteiger partial charge in [0.1, 0.15) is 23.7 Å². The lowest BCUT2D eigenvalue weighted by Crippen LogP contribution is -2.39. The molecular weight excluding hydrogens is 376 g/mol. The van der Waals surface area contributed by atoms with Gasteiger partial charge in [-0.1, -0.05) is 5.21 Å². The second-order valence-corrected chi connectivity index (χ2v) is 8.09. The van der Waals surface area contributed by atoms with Crippen molar-refractivity contribution in [2.45, 2.75) is 33.4 Å². The van der Waals surface area contributed by atoms with E-state index in [2.05, 4.69) is 47.1 Å². The summed E-state index contributed by atoms with van der Waals surface area (Å²) in [5.74, 6) is 0.965. The van der Waals surface area contributed by atoms with E-state index in [9.17, 15) is 10.0 Å². The quantitative estimate of drug-likeness (QED) is 0.340. The van der Waals surface area contributed by atoms with Crippen LogP contribution in [0.5, 0.6) is 5.75 Å². The van der Waals surface area contributed by atoms with Gasteiger partial charge in [-0.15, -0.1) is 10.0 Å². The summed E-state index contributed by atoms with van der Waals surface area (Å²) in [6.07, 6.45) is 3.05. The molecule has 0 radical (unpaired) electrons. The molecule has 0 spiro atoms. The first kappa shape index (κ1) is 22.2. The Bertz CT molecular complexity index is 793. The predicted octanol–water partition coefficient (Wildman–Crippen LogP) is 3.11. The molecule has 9 heteroatoms. The fourth-order valence-electron chi connectivity index (χ4n) is 3.18. The van der Waals surface area contributed by atoms with Crippen molar-refractivity contribution in [2.24, 2.45) is 5.18 Å². The maximum atomic E-state index is 11.0. The molecule has 0 saturated carbocycles. The zero-order valence-electron chi connectivity index (χ0n) is 17.2. The number of aromatic nitrogens is 3. The summed E-state index contributed by atoms with van der Waals surface area (Å²) in [6, 6.07) is 3.38. The van der Waals surface area contributed by atoms with Crippen LogP contribution in [0.1, 0.15) is 24.6 Å². The molecule has 0 atom stereocenters. The Morgan fingerprint density at radius 3 is 2.75 bits per heavy atom. The lowest BCUT2D eigenvalue weighted by Gasteiger charge is -2.28. The average Bonchev–Trinajstić information content (AvgIpc) is 3.09. The van der Waals surface area contributed by atoms with Crippen LogP contribution in [0.15, 0.2) is 23.5 Å². The standard InChI is InChI=1S/C19H30N6O2S/c1-5-23(17-11-18(21-27)15(2)19(26)12-17)7-8-24-13-16(20-22-24)14-25(3,4)9-6-10-28/h11-13H,5-10,14H2,1-4H3,(H-,26,28)/p+1. The summed E-state index contributed by atoms with van der Waals surface area (Å²) in [5.41, 5.74) is 2.49. The Morgan fingerprint density at radius 2 is 2.11 bits per heavy atom. The third-order valence-electron chi connectivity index (χ3n) is 4.88. The largest absolute Gasteiger partial charge is 0.508 e. The number of thiol groups is 1. The molecule has 0 aliphatic rings. The van der Waals surface area contributed by atoms with Crippen LogP contribution in [-0.4, -0.2) is 64.1 Å². The van der Waals surface area contributed by atoms with E-state index in [1.807, 2.05) is 17.8 Å². The highest BCUT2D eigenvalue weighted by Gasteiger charge is 2.18. The highest BCUT2D eigenvalue weighted by Crippen LogP contribution is 2.33. The number of anilines is 1. The van der Waals surface area contributed by atoms with Crippen molar-refractivity contribution < 1.29 is 9.59 Å². The van der Waals surface area contributed by atoms with Gasteiger partial charge in [0.25, 0.3) is 0 Å². The van der Waals surface area contributed by atoms with Gasteiger partial charge in [-0.25, -0.2) is 0 Å². The SMILES string of the molecule is CCN(CCn1cc(C[N+](C)(C)CCCS)nn1)c1cc(O)c(C)c(N=O)c1. The minimum atomic E-state index is 0.0785. The zero-order chi connectivity index (χ0) is 20.7. The molecule has 0 aliphatic carbocycles. The summed E-state index contributed by atoms with van der Waals surface area (Å²) in [5, 5.41) is 21.6. The molecule has 1 aromatic carbocycles. The van der Waals surface area contributed by atoms with E-state index in [0.717, 1.165) is 47.7 Å². The van der Waals surface area contributed by atoms with Gasteiger partial charge in [-0.2, -0.15) is 12.6 Å². The summed E-state index contributed by atoms with van der Waals surface area (Å²) >= 11 is 4.29. The summed E-state index contributed by atoms with van der Waals surface area (Å²) in [7, 11) is 4.37. The lowest BCUT2D eigenvalue weighted by atomic mass is 10.1. The van der Waals surface area contributed by atoms with Gasteiger partial charge >= 0.3 is 0 Å². The fourth-order valence-corrected chi connectivity index (χ4v) is 3.32. The Morgan fingerprint density at radius 1 is 1.36 bits per heavy atom. The Hall–Kier alpha value is -2.13. The first-order chi connectivity index (χ1) is 13.3. The lowest BCUT2D eigenvalue weighted by molar-refractivity contribution is -0.903. The minimum absolute atomic E-state index is 0.0785. The number of phenols is 1. The minimum Gasteiger partial charge on any atom is -0.508 e. The number of benzene rings is 1. The Balaban J connectivity index is 2.02. The van der Waals surface area contributed by atoms with Crippen molar-refractivity contribution in [3.8, 4) is 5.75 Å². The van der Waals surface area contributed by atoms with Gasteiger partial charge in [-0.3, -0.25) is 4.68 Å². The number of nitrogens with zero attached hydrogens (tertiary/aromatic N) is 6. The molecule has 0 unspecified atom stereocenters. The normalized spacial score (nSPS) is 11.6. The van der Waals surface area contributed by atoms with Crippen molar-refractivity contribution >= 4 is 24.0 Å². The predicted molar refractivity (Wildman–Crippen MR) is 115 cm³/mol. The van der Waals surface area contributed by atoms with Crippen LogP contribution in [0.3, 0.4) is 0 Å². The topological polar surface area (TPSA) is 83.6 Å². The molecule has 2 rings (SSSR count). The summed E-state index contributed by atoms with van der Waals surface area (Å²) < 4.78 is 2.69. The van der Waals surface area contributed by atoms with E-state index in [-0.39, 0.29) is 11.4 Å². The van der Waals surface area contributed by atoms with Crippen LogP contribution >= 0.6 is 12.6 Å². The smallest absolute Gasteiger partial charge is 0.137 e. The summed E-state index contributed by atoms with van der Waals surface area (Å²) in [6.45, 7) is 7.64. The fraction of sp³-hybridized carbons (Fsp3) is 0.579. The highest BCUT2D eigenvalue weighted by atomic mass is 32.1. The van der Waals surface area contributed by atoms with Crippen molar-refractivity contribution in [1.82, 2.24) is 15.0 Å². The zero-order valence-corrected chi connectivity index (χ0v) is 18.1.